The van der Waals surface area contributed by atoms with Crippen LogP contribution in [0.4, 0.5) is 9.93 Å². The second-order valence-electron chi connectivity index (χ2n) is 5.76. The van der Waals surface area contributed by atoms with Crippen molar-refractivity contribution in [2.45, 2.75) is 32.4 Å². The van der Waals surface area contributed by atoms with E-state index in [9.17, 15) is 4.79 Å². The summed E-state index contributed by atoms with van der Waals surface area (Å²) in [5.74, 6) is 0.905. The van der Waals surface area contributed by atoms with E-state index in [2.05, 4.69) is 28.5 Å². The number of carbonyl (C=O) groups is 1. The highest BCUT2D eigenvalue weighted by Gasteiger charge is 2.33. The number of urea groups is 1. The number of carbonyl (C=O) groups excluding carboxylic acids is 1. The molecule has 1 fully saturated rings. The number of hydrogen-bond acceptors (Lipinski definition) is 6. The van der Waals surface area contributed by atoms with Crippen LogP contribution in [0, 0.1) is 0 Å². The van der Waals surface area contributed by atoms with Crippen molar-refractivity contribution in [1.82, 2.24) is 20.4 Å². The van der Waals surface area contributed by atoms with Crippen molar-refractivity contribution in [3.63, 3.8) is 0 Å². The van der Waals surface area contributed by atoms with E-state index >= 15 is 0 Å². The van der Waals surface area contributed by atoms with Crippen LogP contribution in [0.3, 0.4) is 0 Å². The number of nitrogens with zero attached hydrogens (tertiary/aromatic N) is 3. The third kappa shape index (κ3) is 3.59. The maximum Gasteiger partial charge on any atom is 0.318 e. The van der Waals surface area contributed by atoms with E-state index in [1.165, 1.54) is 16.9 Å². The molecule has 7 nitrogen and oxygen atoms in total. The molecule has 0 saturated carbocycles. The number of nitrogens with one attached hydrogen (secondary N) is 1. The van der Waals surface area contributed by atoms with Crippen molar-refractivity contribution >= 4 is 22.5 Å². The van der Waals surface area contributed by atoms with Gasteiger partial charge in [0.05, 0.1) is 19.1 Å². The zero-order chi connectivity index (χ0) is 17.1. The molecule has 0 bridgehead atoms. The summed E-state index contributed by atoms with van der Waals surface area (Å²) in [4.78, 5) is 13.9. The van der Waals surface area contributed by atoms with Crippen LogP contribution in [0.2, 0.25) is 0 Å². The fraction of sp³-hybridized carbons (Fsp3) is 0.438. The second kappa shape index (κ2) is 7.04. The minimum Gasteiger partial charge on any atom is -0.486 e. The predicted molar refractivity (Wildman–Crippen MR) is 93.1 cm³/mol. The Kier molecular flexibility index (Phi) is 4.84. The first-order valence-electron chi connectivity index (χ1n) is 7.95. The molecule has 1 aliphatic heterocycles. The maximum atomic E-state index is 12.2. The van der Waals surface area contributed by atoms with Crippen LogP contribution in [-0.4, -0.2) is 40.3 Å². The van der Waals surface area contributed by atoms with Gasteiger partial charge in [-0.2, -0.15) is 0 Å². The number of aryl methyl sites for hydroxylation is 1. The zero-order valence-corrected chi connectivity index (χ0v) is 14.5. The van der Waals surface area contributed by atoms with Crippen LogP contribution in [-0.2, 0) is 6.42 Å². The van der Waals surface area contributed by atoms with Gasteiger partial charge in [-0.25, -0.2) is 4.79 Å². The minimum atomic E-state index is -0.215. The topological polar surface area (TPSA) is 93.4 Å². The van der Waals surface area contributed by atoms with Gasteiger partial charge in [-0.1, -0.05) is 36.5 Å². The number of rotatable bonds is 5. The van der Waals surface area contributed by atoms with Crippen molar-refractivity contribution in [1.29, 1.82) is 0 Å². The first-order valence-corrected chi connectivity index (χ1v) is 8.77. The van der Waals surface area contributed by atoms with Crippen molar-refractivity contribution in [3.8, 4) is 5.75 Å². The summed E-state index contributed by atoms with van der Waals surface area (Å²) in [5.41, 5.74) is 6.75. The van der Waals surface area contributed by atoms with Crippen molar-refractivity contribution in [3.05, 3.63) is 34.8 Å². The Morgan fingerprint density at radius 2 is 2.21 bits per heavy atom. The van der Waals surface area contributed by atoms with Gasteiger partial charge >= 0.3 is 6.03 Å². The van der Waals surface area contributed by atoms with Crippen LogP contribution >= 0.6 is 11.3 Å². The Labute approximate surface area is 144 Å². The molecule has 0 spiro atoms. The normalized spacial score (nSPS) is 15.7. The number of anilines is 1. The molecule has 8 heteroatoms. The molecule has 1 aromatic carbocycles. The van der Waals surface area contributed by atoms with Gasteiger partial charge in [0.2, 0.25) is 5.13 Å². The predicted octanol–water partition coefficient (Wildman–Crippen LogP) is 2.22. The Bertz CT molecular complexity index is 714. The maximum absolute atomic E-state index is 12.2. The third-order valence-corrected chi connectivity index (χ3v) is 4.88. The van der Waals surface area contributed by atoms with E-state index in [-0.39, 0.29) is 18.2 Å². The molecule has 1 aliphatic rings. The molecule has 2 amide bonds. The van der Waals surface area contributed by atoms with Crippen molar-refractivity contribution in [2.75, 3.05) is 18.8 Å². The smallest absolute Gasteiger partial charge is 0.318 e. The number of benzene rings is 1. The Hall–Kier alpha value is -2.35. The van der Waals surface area contributed by atoms with Crippen molar-refractivity contribution in [2.24, 2.45) is 0 Å². The Morgan fingerprint density at radius 1 is 1.46 bits per heavy atom. The third-order valence-electron chi connectivity index (χ3n) is 3.95. The molecule has 1 aromatic heterocycles. The lowest BCUT2D eigenvalue weighted by atomic mass is 10.1. The average Bonchev–Trinajstić information content (AvgIpc) is 2.97. The second-order valence-corrected chi connectivity index (χ2v) is 6.80. The highest BCUT2D eigenvalue weighted by atomic mass is 32.1. The number of ether oxygens (including phenoxy) is 1. The minimum absolute atomic E-state index is 0.0379. The molecule has 128 valence electrons. The molecule has 0 aliphatic carbocycles. The SMILES string of the molecule is CCc1ccccc1OC1CN(C(=O)NC(C)c2nnc(N)s2)C1. The number of hydrogen-bond donors (Lipinski definition) is 2. The Morgan fingerprint density at radius 3 is 2.88 bits per heavy atom. The van der Waals surface area contributed by atoms with Gasteiger partial charge in [0.1, 0.15) is 16.9 Å². The molecular formula is C16H21N5O2S. The van der Waals surface area contributed by atoms with E-state index in [0.717, 1.165) is 12.2 Å². The summed E-state index contributed by atoms with van der Waals surface area (Å²) in [6.45, 7) is 5.12. The highest BCUT2D eigenvalue weighted by molar-refractivity contribution is 7.15. The number of nitrogen functional groups attached to an aromatic ring is 1. The standard InChI is InChI=1S/C16H21N5O2S/c1-3-11-6-4-5-7-13(11)23-12-8-21(9-12)16(22)18-10(2)14-19-20-15(17)24-14/h4-7,10,12H,3,8-9H2,1-2H3,(H2,17,20)(H,18,22). The number of nitrogens with two attached hydrogens (primary N) is 1. The summed E-state index contributed by atoms with van der Waals surface area (Å²) < 4.78 is 5.99. The fourth-order valence-electron chi connectivity index (χ4n) is 2.53. The molecule has 1 saturated heterocycles. The summed E-state index contributed by atoms with van der Waals surface area (Å²) in [6.07, 6.45) is 0.964. The monoisotopic (exact) mass is 347 g/mol. The molecular weight excluding hydrogens is 326 g/mol. The zero-order valence-electron chi connectivity index (χ0n) is 13.7. The van der Waals surface area contributed by atoms with Crippen LogP contribution in [0.5, 0.6) is 5.75 Å². The van der Waals surface area contributed by atoms with Crippen LogP contribution in [0.25, 0.3) is 0 Å². The van der Waals surface area contributed by atoms with Gasteiger partial charge in [-0.3, -0.25) is 0 Å². The van der Waals surface area contributed by atoms with E-state index in [1.807, 2.05) is 25.1 Å². The molecule has 2 heterocycles. The lowest BCUT2D eigenvalue weighted by molar-refractivity contribution is 0.0430. The quantitative estimate of drug-likeness (QED) is 0.865. The number of para-hydroxylation sites is 1. The summed E-state index contributed by atoms with van der Waals surface area (Å²) >= 11 is 1.28. The van der Waals surface area contributed by atoms with Crippen molar-refractivity contribution < 1.29 is 9.53 Å². The summed E-state index contributed by atoms with van der Waals surface area (Å²) in [6, 6.07) is 7.67. The first-order chi connectivity index (χ1) is 11.6. The lowest BCUT2D eigenvalue weighted by Crippen LogP contribution is -2.59. The Balaban J connectivity index is 1.48. The molecule has 24 heavy (non-hydrogen) atoms. The van der Waals surface area contributed by atoms with E-state index in [0.29, 0.717) is 23.2 Å². The lowest BCUT2D eigenvalue weighted by Gasteiger charge is -2.39. The highest BCUT2D eigenvalue weighted by Crippen LogP contribution is 2.24. The molecule has 1 atom stereocenters. The molecule has 2 aromatic rings. The largest absolute Gasteiger partial charge is 0.486 e. The van der Waals surface area contributed by atoms with Gasteiger partial charge in [0.15, 0.2) is 0 Å². The van der Waals surface area contributed by atoms with E-state index in [1.54, 1.807) is 4.90 Å². The summed E-state index contributed by atoms with van der Waals surface area (Å²) in [5, 5.41) is 11.7. The molecule has 1 unspecified atom stereocenters. The van der Waals surface area contributed by atoms with Crippen LogP contribution in [0.15, 0.2) is 24.3 Å². The van der Waals surface area contributed by atoms with Gasteiger partial charge in [0, 0.05) is 0 Å². The van der Waals surface area contributed by atoms with Crippen LogP contribution < -0.4 is 15.8 Å². The van der Waals surface area contributed by atoms with Crippen LogP contribution in [0.1, 0.15) is 30.5 Å². The van der Waals surface area contributed by atoms with Gasteiger partial charge in [-0.05, 0) is 25.0 Å². The number of amides is 2. The van der Waals surface area contributed by atoms with Gasteiger partial charge < -0.3 is 20.7 Å². The molecule has 3 N–H and O–H groups in total. The molecule has 0 radical (unpaired) electrons. The first kappa shape index (κ1) is 16.5. The number of likely N-dealkylation sites (tertiary alicyclic amines) is 1. The summed E-state index contributed by atoms with van der Waals surface area (Å²) in [7, 11) is 0. The average molecular weight is 347 g/mol. The van der Waals surface area contributed by atoms with Gasteiger partial charge in [-0.15, -0.1) is 10.2 Å². The van der Waals surface area contributed by atoms with E-state index < -0.39 is 0 Å². The molecule has 3 rings (SSSR count). The van der Waals surface area contributed by atoms with Gasteiger partial charge in [0.25, 0.3) is 0 Å². The fourth-order valence-corrected chi connectivity index (χ4v) is 3.14. The number of aromatic nitrogens is 2. The van der Waals surface area contributed by atoms with E-state index in [4.69, 9.17) is 10.5 Å².